The quantitative estimate of drug-likeness (QED) is 0.662. The molecule has 7 heteroatoms. The molecule has 3 atom stereocenters. The van der Waals surface area contributed by atoms with Crippen molar-refractivity contribution in [1.29, 1.82) is 0 Å². The molecule has 1 saturated heterocycles. The van der Waals surface area contributed by atoms with E-state index in [1.165, 1.54) is 16.2 Å². The van der Waals surface area contributed by atoms with E-state index in [1.54, 1.807) is 0 Å². The van der Waals surface area contributed by atoms with Gasteiger partial charge in [-0.2, -0.15) is 0 Å². The largest absolute Gasteiger partial charge is 0.300 e. The van der Waals surface area contributed by atoms with Gasteiger partial charge in [0.1, 0.15) is 6.54 Å². The van der Waals surface area contributed by atoms with Gasteiger partial charge in [-0.1, -0.05) is 19.1 Å². The Morgan fingerprint density at radius 2 is 1.96 bits per heavy atom. The molecule has 1 aromatic heterocycles. The molecule has 1 aromatic rings. The highest BCUT2D eigenvalue weighted by Gasteiger charge is 2.47. The van der Waals surface area contributed by atoms with Gasteiger partial charge in [-0.05, 0) is 38.0 Å². The van der Waals surface area contributed by atoms with Crippen molar-refractivity contribution >= 4 is 34.2 Å². The van der Waals surface area contributed by atoms with Crippen LogP contribution in [0.3, 0.4) is 0 Å². The van der Waals surface area contributed by atoms with E-state index >= 15 is 0 Å². The number of fused-ring (bicyclic) bond motifs is 2. The summed E-state index contributed by atoms with van der Waals surface area (Å²) in [6.45, 7) is 2.01. The van der Waals surface area contributed by atoms with Crippen molar-refractivity contribution in [1.82, 2.24) is 9.88 Å². The smallest absolute Gasteiger partial charge is 0.246 e. The van der Waals surface area contributed by atoms with Gasteiger partial charge in [-0.15, -0.1) is 11.3 Å². The Morgan fingerprint density at radius 1 is 1.28 bits per heavy atom. The predicted molar refractivity (Wildman–Crippen MR) is 94.0 cm³/mol. The maximum Gasteiger partial charge on any atom is 0.246 e. The summed E-state index contributed by atoms with van der Waals surface area (Å²) in [5.41, 5.74) is 1.07. The maximum absolute atomic E-state index is 12.4. The fourth-order valence-electron chi connectivity index (χ4n) is 3.92. The van der Waals surface area contributed by atoms with Gasteiger partial charge in [0, 0.05) is 4.88 Å². The van der Waals surface area contributed by atoms with Gasteiger partial charge in [0.15, 0.2) is 5.13 Å². The number of thiazole rings is 1. The van der Waals surface area contributed by atoms with Crippen LogP contribution in [-0.2, 0) is 27.2 Å². The summed E-state index contributed by atoms with van der Waals surface area (Å²) < 4.78 is 0. The summed E-state index contributed by atoms with van der Waals surface area (Å²) in [4.78, 5) is 44.0. The molecule has 2 heterocycles. The second-order valence-electron chi connectivity index (χ2n) is 7.20. The van der Waals surface area contributed by atoms with Crippen LogP contribution in [-0.4, -0.2) is 34.2 Å². The second-order valence-corrected chi connectivity index (χ2v) is 8.29. The number of carbonyl (C=O) groups is 3. The highest BCUT2D eigenvalue weighted by Crippen LogP contribution is 2.35. The third-order valence-corrected chi connectivity index (χ3v) is 6.37. The number of rotatable bonds is 3. The predicted octanol–water partition coefficient (Wildman–Crippen LogP) is 2.16. The molecule has 0 bridgehead atoms. The number of likely N-dealkylation sites (tertiary alicyclic amines) is 1. The van der Waals surface area contributed by atoms with Crippen LogP contribution in [0.2, 0.25) is 0 Å². The molecule has 132 valence electrons. The van der Waals surface area contributed by atoms with Gasteiger partial charge < -0.3 is 5.32 Å². The maximum atomic E-state index is 12.4. The van der Waals surface area contributed by atoms with Crippen molar-refractivity contribution in [3.05, 3.63) is 22.7 Å². The lowest BCUT2D eigenvalue weighted by Gasteiger charge is -2.15. The Bertz CT molecular complexity index is 744. The number of imide groups is 1. The standard InChI is InChI=1S/C18H21N3O3S/c1-10-6-7-13-14(8-10)25-18(19-13)20-15(22)9-21-16(23)11-4-2-3-5-12(11)17(21)24/h2-3,10-12H,4-9H2,1H3,(H,19,20,22)/t10-,11+,12+/m1/s1. The third kappa shape index (κ3) is 3.01. The number of hydrogen-bond donors (Lipinski definition) is 1. The highest BCUT2D eigenvalue weighted by molar-refractivity contribution is 7.15. The molecular weight excluding hydrogens is 338 g/mol. The van der Waals surface area contributed by atoms with Crippen molar-refractivity contribution in [2.45, 2.75) is 39.0 Å². The van der Waals surface area contributed by atoms with Gasteiger partial charge in [0.05, 0.1) is 17.5 Å². The molecule has 0 unspecified atom stereocenters. The van der Waals surface area contributed by atoms with Crippen LogP contribution in [0.1, 0.15) is 36.8 Å². The minimum Gasteiger partial charge on any atom is -0.300 e. The zero-order chi connectivity index (χ0) is 17.6. The van der Waals surface area contributed by atoms with Gasteiger partial charge in [-0.25, -0.2) is 4.98 Å². The van der Waals surface area contributed by atoms with Crippen LogP contribution >= 0.6 is 11.3 Å². The Hall–Kier alpha value is -2.02. The van der Waals surface area contributed by atoms with Crippen molar-refractivity contribution in [3.8, 4) is 0 Å². The Kier molecular flexibility index (Phi) is 4.19. The molecule has 2 aliphatic carbocycles. The number of anilines is 1. The van der Waals surface area contributed by atoms with E-state index in [0.29, 0.717) is 23.9 Å². The van der Waals surface area contributed by atoms with E-state index in [2.05, 4.69) is 17.2 Å². The van der Waals surface area contributed by atoms with Crippen LogP contribution in [0.25, 0.3) is 0 Å². The number of hydrogen-bond acceptors (Lipinski definition) is 5. The first-order valence-corrected chi connectivity index (χ1v) is 9.63. The van der Waals surface area contributed by atoms with E-state index in [-0.39, 0.29) is 36.1 Å². The fourth-order valence-corrected chi connectivity index (χ4v) is 5.11. The van der Waals surface area contributed by atoms with Gasteiger partial charge >= 0.3 is 0 Å². The van der Waals surface area contributed by atoms with Crippen molar-refractivity contribution < 1.29 is 14.4 Å². The molecular formula is C18H21N3O3S. The van der Waals surface area contributed by atoms with Crippen LogP contribution < -0.4 is 5.32 Å². The first kappa shape index (κ1) is 16.4. The lowest BCUT2D eigenvalue weighted by Crippen LogP contribution is -2.38. The van der Waals surface area contributed by atoms with Gasteiger partial charge in [0.2, 0.25) is 17.7 Å². The van der Waals surface area contributed by atoms with E-state index in [4.69, 9.17) is 0 Å². The molecule has 3 amide bonds. The number of carbonyl (C=O) groups excluding carboxylic acids is 3. The number of allylic oxidation sites excluding steroid dienone is 2. The summed E-state index contributed by atoms with van der Waals surface area (Å²) >= 11 is 1.51. The SMILES string of the molecule is C[C@@H]1CCc2nc(NC(=O)CN3C(=O)[C@H]4CC=CC[C@@H]4C3=O)sc2C1. The molecule has 1 aliphatic heterocycles. The molecule has 1 fully saturated rings. The first-order valence-electron chi connectivity index (χ1n) is 8.81. The van der Waals surface area contributed by atoms with Crippen LogP contribution in [0.4, 0.5) is 5.13 Å². The minimum absolute atomic E-state index is 0.217. The molecule has 0 aromatic carbocycles. The Labute approximate surface area is 150 Å². The lowest BCUT2D eigenvalue weighted by atomic mass is 9.85. The number of aromatic nitrogens is 1. The molecule has 25 heavy (non-hydrogen) atoms. The molecule has 0 radical (unpaired) electrons. The number of nitrogens with zero attached hydrogens (tertiary/aromatic N) is 2. The number of amides is 3. The summed E-state index contributed by atoms with van der Waals surface area (Å²) in [6, 6.07) is 0. The summed E-state index contributed by atoms with van der Waals surface area (Å²) in [5.74, 6) is -0.734. The first-order chi connectivity index (χ1) is 12.0. The van der Waals surface area contributed by atoms with Crippen molar-refractivity contribution in [3.63, 3.8) is 0 Å². The molecule has 0 saturated carbocycles. The van der Waals surface area contributed by atoms with Crippen LogP contribution in [0, 0.1) is 17.8 Å². The lowest BCUT2D eigenvalue weighted by molar-refractivity contribution is -0.142. The summed E-state index contributed by atoms with van der Waals surface area (Å²) in [6.07, 6.45) is 8.13. The van der Waals surface area contributed by atoms with Crippen LogP contribution in [0.15, 0.2) is 12.2 Å². The zero-order valence-electron chi connectivity index (χ0n) is 14.2. The third-order valence-electron chi connectivity index (χ3n) is 5.33. The average Bonchev–Trinajstić information content (AvgIpc) is 3.09. The van der Waals surface area contributed by atoms with E-state index < -0.39 is 0 Å². The average molecular weight is 359 g/mol. The molecule has 0 spiro atoms. The molecule has 1 N–H and O–H groups in total. The molecule has 3 aliphatic rings. The van der Waals surface area contributed by atoms with Crippen LogP contribution in [0.5, 0.6) is 0 Å². The minimum atomic E-state index is -0.354. The summed E-state index contributed by atoms with van der Waals surface area (Å²) in [7, 11) is 0. The normalized spacial score (nSPS) is 28.0. The van der Waals surface area contributed by atoms with Gasteiger partial charge in [-0.3, -0.25) is 19.3 Å². The second kappa shape index (κ2) is 6.37. The monoisotopic (exact) mass is 359 g/mol. The van der Waals surface area contributed by atoms with Crippen molar-refractivity contribution in [2.75, 3.05) is 11.9 Å². The number of nitrogens with one attached hydrogen (secondary N) is 1. The summed E-state index contributed by atoms with van der Waals surface area (Å²) in [5, 5.41) is 3.34. The number of aryl methyl sites for hydroxylation is 1. The van der Waals surface area contributed by atoms with E-state index in [0.717, 1.165) is 29.9 Å². The fraction of sp³-hybridized carbons (Fsp3) is 0.556. The Balaban J connectivity index is 1.41. The van der Waals surface area contributed by atoms with Gasteiger partial charge in [0.25, 0.3) is 0 Å². The van der Waals surface area contributed by atoms with E-state index in [9.17, 15) is 14.4 Å². The van der Waals surface area contributed by atoms with Crippen molar-refractivity contribution in [2.24, 2.45) is 17.8 Å². The zero-order valence-corrected chi connectivity index (χ0v) is 15.0. The Morgan fingerprint density at radius 3 is 2.64 bits per heavy atom. The highest BCUT2D eigenvalue weighted by atomic mass is 32.1. The van der Waals surface area contributed by atoms with E-state index in [1.807, 2.05) is 12.2 Å². The molecule has 4 rings (SSSR count). The molecule has 6 nitrogen and oxygen atoms in total. The topological polar surface area (TPSA) is 79.4 Å².